The quantitative estimate of drug-likeness (QED) is 0.895. The van der Waals surface area contributed by atoms with Crippen molar-refractivity contribution in [3.63, 3.8) is 0 Å². The maximum Gasteiger partial charge on any atom is 0.137 e. The van der Waals surface area contributed by atoms with Gasteiger partial charge in [-0.05, 0) is 41.8 Å². The maximum absolute atomic E-state index is 6.28. The van der Waals surface area contributed by atoms with Gasteiger partial charge in [-0.25, -0.2) is 0 Å². The summed E-state index contributed by atoms with van der Waals surface area (Å²) in [6.07, 6.45) is 0. The van der Waals surface area contributed by atoms with E-state index in [4.69, 9.17) is 22.1 Å². The van der Waals surface area contributed by atoms with Crippen molar-refractivity contribution in [2.75, 3.05) is 7.11 Å². The van der Waals surface area contributed by atoms with Gasteiger partial charge in [0.05, 0.1) is 18.2 Å². The second-order valence-electron chi connectivity index (χ2n) is 4.38. The molecule has 0 aromatic heterocycles. The molecule has 2 aromatic carbocycles. The molecular weight excluding hydrogens is 326 g/mol. The molecule has 2 nitrogen and oxygen atoms in total. The van der Waals surface area contributed by atoms with E-state index < -0.39 is 0 Å². The Kier molecular flexibility index (Phi) is 4.50. The van der Waals surface area contributed by atoms with Crippen molar-refractivity contribution < 1.29 is 4.74 Å². The van der Waals surface area contributed by atoms with Crippen LogP contribution in [0.25, 0.3) is 0 Å². The van der Waals surface area contributed by atoms with E-state index in [0.29, 0.717) is 10.8 Å². The van der Waals surface area contributed by atoms with E-state index in [2.05, 4.69) is 22.0 Å². The number of methoxy groups -OCH3 is 1. The van der Waals surface area contributed by atoms with E-state index in [1.807, 2.05) is 37.3 Å². The highest BCUT2D eigenvalue weighted by atomic mass is 79.9. The van der Waals surface area contributed by atoms with Crippen LogP contribution in [-0.2, 0) is 0 Å². The van der Waals surface area contributed by atoms with E-state index in [0.717, 1.165) is 21.2 Å². The summed E-state index contributed by atoms with van der Waals surface area (Å²) >= 11 is 9.62. The molecule has 2 rings (SSSR count). The topological polar surface area (TPSA) is 35.2 Å². The summed E-state index contributed by atoms with van der Waals surface area (Å²) in [5.74, 6) is 0.657. The van der Waals surface area contributed by atoms with Crippen LogP contribution in [0.1, 0.15) is 22.7 Å². The Labute approximate surface area is 126 Å². The third-order valence-corrected chi connectivity index (χ3v) is 4.26. The molecule has 100 valence electrons. The van der Waals surface area contributed by atoms with Gasteiger partial charge in [0.15, 0.2) is 0 Å². The molecule has 0 heterocycles. The standard InChI is InChI=1S/C15H15BrClNO/c1-9-7-10(3-5-12(9)16)15(18)11-4-6-14(19-2)13(17)8-11/h3-8,15H,18H2,1-2H3. The molecule has 2 N–H and O–H groups in total. The minimum atomic E-state index is -0.199. The van der Waals surface area contributed by atoms with Crippen molar-refractivity contribution in [3.05, 3.63) is 62.6 Å². The van der Waals surface area contributed by atoms with Crippen LogP contribution in [0.5, 0.6) is 5.75 Å². The smallest absolute Gasteiger partial charge is 0.137 e. The Bertz CT molecular complexity index is 601. The molecule has 0 spiro atoms. The number of hydrogen-bond acceptors (Lipinski definition) is 2. The average molecular weight is 341 g/mol. The number of benzene rings is 2. The Hall–Kier alpha value is -1.03. The van der Waals surface area contributed by atoms with Crippen LogP contribution in [0.2, 0.25) is 5.02 Å². The van der Waals surface area contributed by atoms with Gasteiger partial charge in [0.25, 0.3) is 0 Å². The molecule has 0 amide bonds. The van der Waals surface area contributed by atoms with Crippen LogP contribution in [0.4, 0.5) is 0 Å². The molecule has 4 heteroatoms. The van der Waals surface area contributed by atoms with Gasteiger partial charge in [-0.15, -0.1) is 0 Å². The summed E-state index contributed by atoms with van der Waals surface area (Å²) in [6.45, 7) is 2.04. The second-order valence-corrected chi connectivity index (χ2v) is 5.64. The predicted octanol–water partition coefficient (Wildman–Crippen LogP) is 4.47. The molecule has 0 aliphatic heterocycles. The van der Waals surface area contributed by atoms with Gasteiger partial charge in [0.2, 0.25) is 0 Å². The first kappa shape index (κ1) is 14.4. The number of ether oxygens (including phenoxy) is 1. The minimum absolute atomic E-state index is 0.199. The Balaban J connectivity index is 2.35. The summed E-state index contributed by atoms with van der Waals surface area (Å²) in [5, 5.41) is 0.573. The monoisotopic (exact) mass is 339 g/mol. The highest BCUT2D eigenvalue weighted by Crippen LogP contribution is 2.30. The normalized spacial score (nSPS) is 12.3. The van der Waals surface area contributed by atoms with E-state index in [9.17, 15) is 0 Å². The zero-order valence-electron chi connectivity index (χ0n) is 10.8. The third-order valence-electron chi connectivity index (χ3n) is 3.08. The summed E-state index contributed by atoms with van der Waals surface area (Å²) in [6, 6.07) is 11.5. The fourth-order valence-electron chi connectivity index (χ4n) is 1.93. The molecule has 0 saturated carbocycles. The van der Waals surface area contributed by atoms with E-state index in [1.165, 1.54) is 0 Å². The molecule has 0 saturated heterocycles. The Morgan fingerprint density at radius 1 is 1.16 bits per heavy atom. The van der Waals surface area contributed by atoms with Crippen LogP contribution >= 0.6 is 27.5 Å². The summed E-state index contributed by atoms with van der Waals surface area (Å²) in [4.78, 5) is 0. The van der Waals surface area contributed by atoms with Crippen molar-refractivity contribution in [1.29, 1.82) is 0 Å². The van der Waals surface area contributed by atoms with Gasteiger partial charge in [0.1, 0.15) is 5.75 Å². The van der Waals surface area contributed by atoms with Crippen LogP contribution in [0.15, 0.2) is 40.9 Å². The lowest BCUT2D eigenvalue weighted by Gasteiger charge is -2.15. The Morgan fingerprint density at radius 3 is 2.37 bits per heavy atom. The van der Waals surface area contributed by atoms with Crippen LogP contribution in [0, 0.1) is 6.92 Å². The number of nitrogens with two attached hydrogens (primary N) is 1. The molecule has 0 bridgehead atoms. The first-order chi connectivity index (χ1) is 9.02. The highest BCUT2D eigenvalue weighted by molar-refractivity contribution is 9.10. The second kappa shape index (κ2) is 5.95. The lowest BCUT2D eigenvalue weighted by atomic mass is 9.98. The van der Waals surface area contributed by atoms with Gasteiger partial charge in [-0.1, -0.05) is 45.7 Å². The van der Waals surface area contributed by atoms with Gasteiger partial charge in [-0.2, -0.15) is 0 Å². The van der Waals surface area contributed by atoms with Crippen molar-refractivity contribution >= 4 is 27.5 Å². The van der Waals surface area contributed by atoms with Crippen molar-refractivity contribution in [2.24, 2.45) is 5.73 Å². The maximum atomic E-state index is 6.28. The third kappa shape index (κ3) is 3.11. The number of rotatable bonds is 3. The molecule has 0 radical (unpaired) electrons. The first-order valence-electron chi connectivity index (χ1n) is 5.88. The van der Waals surface area contributed by atoms with E-state index in [1.54, 1.807) is 7.11 Å². The molecular formula is C15H15BrClNO. The molecule has 0 aliphatic rings. The Morgan fingerprint density at radius 2 is 1.79 bits per heavy atom. The van der Waals surface area contributed by atoms with Crippen LogP contribution in [0.3, 0.4) is 0 Å². The molecule has 1 atom stereocenters. The zero-order chi connectivity index (χ0) is 14.0. The fraction of sp³-hybridized carbons (Fsp3) is 0.200. The zero-order valence-corrected chi connectivity index (χ0v) is 13.1. The van der Waals surface area contributed by atoms with Crippen LogP contribution in [-0.4, -0.2) is 7.11 Å². The number of halogens is 2. The highest BCUT2D eigenvalue weighted by Gasteiger charge is 2.12. The molecule has 0 fully saturated rings. The molecule has 2 aromatic rings. The van der Waals surface area contributed by atoms with Crippen molar-refractivity contribution in [1.82, 2.24) is 0 Å². The first-order valence-corrected chi connectivity index (χ1v) is 7.05. The van der Waals surface area contributed by atoms with Gasteiger partial charge in [-0.3, -0.25) is 0 Å². The van der Waals surface area contributed by atoms with Crippen molar-refractivity contribution in [3.8, 4) is 5.75 Å². The lowest BCUT2D eigenvalue weighted by Crippen LogP contribution is -2.12. The summed E-state index contributed by atoms with van der Waals surface area (Å²) < 4.78 is 6.22. The molecule has 1 unspecified atom stereocenters. The molecule has 0 aliphatic carbocycles. The SMILES string of the molecule is COc1ccc(C(N)c2ccc(Br)c(C)c2)cc1Cl. The van der Waals surface area contributed by atoms with E-state index >= 15 is 0 Å². The average Bonchev–Trinajstić information content (AvgIpc) is 2.41. The largest absolute Gasteiger partial charge is 0.495 e. The minimum Gasteiger partial charge on any atom is -0.495 e. The number of aryl methyl sites for hydroxylation is 1. The number of hydrogen-bond donors (Lipinski definition) is 1. The predicted molar refractivity (Wildman–Crippen MR) is 82.9 cm³/mol. The van der Waals surface area contributed by atoms with Gasteiger partial charge < -0.3 is 10.5 Å². The fourth-order valence-corrected chi connectivity index (χ4v) is 2.44. The van der Waals surface area contributed by atoms with Crippen LogP contribution < -0.4 is 10.5 Å². The van der Waals surface area contributed by atoms with Crippen molar-refractivity contribution in [2.45, 2.75) is 13.0 Å². The summed E-state index contributed by atoms with van der Waals surface area (Å²) in [7, 11) is 1.60. The van der Waals surface area contributed by atoms with E-state index in [-0.39, 0.29) is 6.04 Å². The lowest BCUT2D eigenvalue weighted by molar-refractivity contribution is 0.415. The van der Waals surface area contributed by atoms with Gasteiger partial charge >= 0.3 is 0 Å². The van der Waals surface area contributed by atoms with Gasteiger partial charge in [0, 0.05) is 4.47 Å². The molecule has 19 heavy (non-hydrogen) atoms. The summed E-state index contributed by atoms with van der Waals surface area (Å²) in [5.41, 5.74) is 9.46.